The molecule has 0 saturated carbocycles. The zero-order valence-electron chi connectivity index (χ0n) is 11.1. The van der Waals surface area contributed by atoms with Crippen LogP contribution in [0.3, 0.4) is 0 Å². The fourth-order valence-corrected chi connectivity index (χ4v) is 2.49. The number of benzene rings is 1. The van der Waals surface area contributed by atoms with Crippen molar-refractivity contribution in [2.75, 3.05) is 0 Å². The molecule has 0 amide bonds. The third-order valence-electron chi connectivity index (χ3n) is 3.27. The first-order valence-corrected chi connectivity index (χ1v) is 7.59. The molecule has 1 aromatic carbocycles. The van der Waals surface area contributed by atoms with Gasteiger partial charge in [0.1, 0.15) is 0 Å². The molecule has 1 unspecified atom stereocenters. The molecule has 1 rings (SSSR count). The Morgan fingerprint density at radius 1 is 0.882 bits per heavy atom. The van der Waals surface area contributed by atoms with Crippen molar-refractivity contribution in [3.63, 3.8) is 0 Å². The molecule has 0 aliphatic carbocycles. The van der Waals surface area contributed by atoms with Crippen LogP contribution in [0.4, 0.5) is 0 Å². The summed E-state index contributed by atoms with van der Waals surface area (Å²) < 4.78 is 0. The molecule has 0 radical (unpaired) electrons. The number of hydrogen-bond acceptors (Lipinski definition) is 1. The molecule has 0 N–H and O–H groups in total. The average Bonchev–Trinajstić information content (AvgIpc) is 2.38. The van der Waals surface area contributed by atoms with Gasteiger partial charge in [-0.25, -0.2) is 0 Å². The van der Waals surface area contributed by atoms with Gasteiger partial charge < -0.3 is 0 Å². The minimum atomic E-state index is 0.423. The van der Waals surface area contributed by atoms with Crippen molar-refractivity contribution in [1.29, 1.82) is 0 Å². The van der Waals surface area contributed by atoms with Crippen molar-refractivity contribution in [3.8, 4) is 0 Å². The molecule has 96 valence electrons. The second-order valence-corrected chi connectivity index (χ2v) is 5.46. The number of hydrogen-bond donors (Lipinski definition) is 1. The smallest absolute Gasteiger partial charge is 0.0267 e. The van der Waals surface area contributed by atoms with Crippen molar-refractivity contribution < 1.29 is 0 Å². The van der Waals surface area contributed by atoms with E-state index < -0.39 is 0 Å². The van der Waals surface area contributed by atoms with Crippen LogP contribution in [0.15, 0.2) is 30.3 Å². The van der Waals surface area contributed by atoms with Crippen molar-refractivity contribution >= 4 is 12.6 Å². The number of unbranched alkanes of at least 4 members (excludes halogenated alkanes) is 6. The maximum atomic E-state index is 4.68. The van der Waals surface area contributed by atoms with Crippen LogP contribution in [0.25, 0.3) is 0 Å². The second kappa shape index (κ2) is 9.58. The standard InChI is InChI=1S/C16H26S/c1-2-3-4-5-6-7-11-14-16(17)15-12-9-8-10-13-15/h8-10,12-13,16-17H,2-7,11,14H2,1H3. The van der Waals surface area contributed by atoms with E-state index in [0.717, 1.165) is 0 Å². The number of thiol groups is 1. The normalized spacial score (nSPS) is 12.6. The fourth-order valence-electron chi connectivity index (χ4n) is 2.14. The molecule has 0 aliphatic rings. The van der Waals surface area contributed by atoms with Crippen LogP contribution in [-0.4, -0.2) is 0 Å². The first-order chi connectivity index (χ1) is 8.34. The molecule has 17 heavy (non-hydrogen) atoms. The van der Waals surface area contributed by atoms with E-state index in [1.807, 2.05) is 0 Å². The van der Waals surface area contributed by atoms with Crippen LogP contribution in [-0.2, 0) is 0 Å². The monoisotopic (exact) mass is 250 g/mol. The first-order valence-electron chi connectivity index (χ1n) is 7.07. The van der Waals surface area contributed by atoms with E-state index in [9.17, 15) is 0 Å². The van der Waals surface area contributed by atoms with Crippen molar-refractivity contribution in [1.82, 2.24) is 0 Å². The van der Waals surface area contributed by atoms with Crippen LogP contribution in [0, 0.1) is 0 Å². The van der Waals surface area contributed by atoms with Gasteiger partial charge in [-0.05, 0) is 12.0 Å². The Bertz CT molecular complexity index is 268. The van der Waals surface area contributed by atoms with E-state index in [1.54, 1.807) is 0 Å². The van der Waals surface area contributed by atoms with E-state index in [1.165, 1.54) is 56.9 Å². The van der Waals surface area contributed by atoms with E-state index in [-0.39, 0.29) is 0 Å². The predicted molar refractivity (Wildman–Crippen MR) is 80.8 cm³/mol. The Kier molecular flexibility index (Phi) is 8.25. The summed E-state index contributed by atoms with van der Waals surface area (Å²) in [5.41, 5.74) is 1.36. The summed E-state index contributed by atoms with van der Waals surface area (Å²) in [5, 5.41) is 0.423. The molecule has 0 spiro atoms. The van der Waals surface area contributed by atoms with Crippen LogP contribution in [0.1, 0.15) is 69.1 Å². The van der Waals surface area contributed by atoms with Gasteiger partial charge in [0, 0.05) is 5.25 Å². The van der Waals surface area contributed by atoms with Gasteiger partial charge in [0.05, 0.1) is 0 Å². The third kappa shape index (κ3) is 6.78. The van der Waals surface area contributed by atoms with E-state index in [2.05, 4.69) is 49.9 Å². The lowest BCUT2D eigenvalue weighted by Crippen LogP contribution is -1.90. The molecule has 0 aliphatic heterocycles. The Labute approximate surface area is 112 Å². The second-order valence-electron chi connectivity index (χ2n) is 4.84. The summed E-state index contributed by atoms with van der Waals surface area (Å²) in [6.07, 6.45) is 10.9. The molecule has 0 aromatic heterocycles. The van der Waals surface area contributed by atoms with Crippen molar-refractivity contribution in [3.05, 3.63) is 35.9 Å². The lowest BCUT2D eigenvalue weighted by atomic mass is 10.0. The number of rotatable bonds is 9. The highest BCUT2D eigenvalue weighted by molar-refractivity contribution is 7.80. The highest BCUT2D eigenvalue weighted by Crippen LogP contribution is 2.25. The van der Waals surface area contributed by atoms with Crippen molar-refractivity contribution in [2.45, 2.75) is 63.5 Å². The minimum absolute atomic E-state index is 0.423. The van der Waals surface area contributed by atoms with Gasteiger partial charge in [-0.1, -0.05) is 82.2 Å². The summed E-state index contributed by atoms with van der Waals surface area (Å²) >= 11 is 4.68. The maximum absolute atomic E-state index is 4.68. The summed E-state index contributed by atoms with van der Waals surface area (Å²) in [5.74, 6) is 0. The lowest BCUT2D eigenvalue weighted by molar-refractivity contribution is 0.574. The molecule has 1 aromatic rings. The van der Waals surface area contributed by atoms with Gasteiger partial charge in [-0.2, -0.15) is 12.6 Å². The third-order valence-corrected chi connectivity index (χ3v) is 3.82. The fraction of sp³-hybridized carbons (Fsp3) is 0.625. The maximum Gasteiger partial charge on any atom is 0.0267 e. The van der Waals surface area contributed by atoms with Gasteiger partial charge in [0.2, 0.25) is 0 Å². The van der Waals surface area contributed by atoms with Crippen LogP contribution >= 0.6 is 12.6 Å². The molecule has 1 atom stereocenters. The SMILES string of the molecule is CCCCCCCCCC(S)c1ccccc1. The van der Waals surface area contributed by atoms with Crippen LogP contribution in [0.2, 0.25) is 0 Å². The molecule has 1 heteroatoms. The van der Waals surface area contributed by atoms with Gasteiger partial charge in [0.25, 0.3) is 0 Å². The van der Waals surface area contributed by atoms with Crippen LogP contribution in [0.5, 0.6) is 0 Å². The topological polar surface area (TPSA) is 0 Å². The zero-order valence-corrected chi connectivity index (χ0v) is 12.0. The molecular formula is C16H26S. The largest absolute Gasteiger partial charge is 0.171 e. The highest BCUT2D eigenvalue weighted by atomic mass is 32.1. The van der Waals surface area contributed by atoms with Gasteiger partial charge in [0.15, 0.2) is 0 Å². The van der Waals surface area contributed by atoms with Crippen LogP contribution < -0.4 is 0 Å². The molecule has 0 heterocycles. The quantitative estimate of drug-likeness (QED) is 0.415. The first kappa shape index (κ1) is 14.6. The van der Waals surface area contributed by atoms with Crippen molar-refractivity contribution in [2.24, 2.45) is 0 Å². The molecular weight excluding hydrogens is 224 g/mol. The average molecular weight is 250 g/mol. The molecule has 0 fully saturated rings. The van der Waals surface area contributed by atoms with E-state index in [4.69, 9.17) is 0 Å². The molecule has 0 nitrogen and oxygen atoms in total. The summed E-state index contributed by atoms with van der Waals surface area (Å²) in [6, 6.07) is 10.6. The highest BCUT2D eigenvalue weighted by Gasteiger charge is 2.04. The predicted octanol–water partition coefficient (Wildman–Crippen LogP) is 5.80. The Morgan fingerprint density at radius 2 is 1.47 bits per heavy atom. The van der Waals surface area contributed by atoms with Gasteiger partial charge in [-0.3, -0.25) is 0 Å². The van der Waals surface area contributed by atoms with Gasteiger partial charge in [-0.15, -0.1) is 0 Å². The molecule has 0 saturated heterocycles. The Morgan fingerprint density at radius 3 is 2.12 bits per heavy atom. The lowest BCUT2D eigenvalue weighted by Gasteiger charge is -2.10. The van der Waals surface area contributed by atoms with E-state index in [0.29, 0.717) is 5.25 Å². The Hall–Kier alpha value is -0.430. The van der Waals surface area contributed by atoms with E-state index >= 15 is 0 Å². The Balaban J connectivity index is 2.03. The minimum Gasteiger partial charge on any atom is -0.171 e. The summed E-state index contributed by atoms with van der Waals surface area (Å²) in [4.78, 5) is 0. The van der Waals surface area contributed by atoms with Gasteiger partial charge >= 0.3 is 0 Å². The summed E-state index contributed by atoms with van der Waals surface area (Å²) in [7, 11) is 0. The summed E-state index contributed by atoms with van der Waals surface area (Å²) in [6.45, 7) is 2.27. The molecule has 0 bridgehead atoms. The zero-order chi connectivity index (χ0) is 12.3.